The fourth-order valence-electron chi connectivity index (χ4n) is 2.70. The third-order valence-corrected chi connectivity index (χ3v) is 3.86. The molecule has 1 N–H and O–H groups in total. The van der Waals surface area contributed by atoms with E-state index in [0.29, 0.717) is 12.5 Å². The van der Waals surface area contributed by atoms with Crippen molar-refractivity contribution < 1.29 is 14.3 Å². The first-order valence-corrected chi connectivity index (χ1v) is 7.58. The smallest absolute Gasteiger partial charge is 0.306 e. The molecule has 0 aromatic heterocycles. The summed E-state index contributed by atoms with van der Waals surface area (Å²) in [4.78, 5) is 23.0. The lowest BCUT2D eigenvalue weighted by atomic mass is 9.93. The van der Waals surface area contributed by atoms with Crippen molar-refractivity contribution in [1.82, 2.24) is 5.32 Å². The molecule has 0 bridgehead atoms. The first-order chi connectivity index (χ1) is 9.13. The van der Waals surface area contributed by atoms with Gasteiger partial charge >= 0.3 is 5.97 Å². The van der Waals surface area contributed by atoms with Crippen molar-refractivity contribution in [2.75, 3.05) is 6.61 Å². The number of rotatable bonds is 6. The number of nitrogens with one attached hydrogen (secondary N) is 1. The summed E-state index contributed by atoms with van der Waals surface area (Å²) in [5.41, 5.74) is 0. The van der Waals surface area contributed by atoms with Gasteiger partial charge in [-0.25, -0.2) is 0 Å². The van der Waals surface area contributed by atoms with Crippen molar-refractivity contribution in [1.29, 1.82) is 0 Å². The van der Waals surface area contributed by atoms with Crippen LogP contribution in [0.4, 0.5) is 0 Å². The first-order valence-electron chi connectivity index (χ1n) is 7.58. The molecule has 4 heteroatoms. The molecule has 0 saturated heterocycles. The van der Waals surface area contributed by atoms with Crippen LogP contribution < -0.4 is 5.32 Å². The van der Waals surface area contributed by atoms with E-state index in [1.54, 1.807) is 6.92 Å². The average Bonchev–Trinajstić information content (AvgIpc) is 2.65. The minimum Gasteiger partial charge on any atom is -0.466 e. The van der Waals surface area contributed by atoms with Crippen LogP contribution in [0.3, 0.4) is 0 Å². The van der Waals surface area contributed by atoms with E-state index in [0.717, 1.165) is 0 Å². The van der Waals surface area contributed by atoms with Gasteiger partial charge in [0.15, 0.2) is 0 Å². The normalized spacial score (nSPS) is 18.4. The molecule has 4 nitrogen and oxygen atoms in total. The molecule has 1 atom stereocenters. The summed E-state index contributed by atoms with van der Waals surface area (Å²) in [6, 6.07) is 0.216. The summed E-state index contributed by atoms with van der Waals surface area (Å²) < 4.78 is 4.81. The second-order valence-electron chi connectivity index (χ2n) is 5.41. The van der Waals surface area contributed by atoms with Crippen LogP contribution in [-0.4, -0.2) is 24.5 Å². The van der Waals surface area contributed by atoms with E-state index in [4.69, 9.17) is 4.74 Å². The summed E-state index contributed by atoms with van der Waals surface area (Å²) in [7, 11) is 0. The highest BCUT2D eigenvalue weighted by molar-refractivity contribution is 5.81. The van der Waals surface area contributed by atoms with Gasteiger partial charge in [-0.3, -0.25) is 9.59 Å². The zero-order valence-corrected chi connectivity index (χ0v) is 12.2. The number of carbonyl (C=O) groups is 2. The van der Waals surface area contributed by atoms with Crippen molar-refractivity contribution in [3.63, 3.8) is 0 Å². The summed E-state index contributed by atoms with van der Waals surface area (Å²) in [5, 5.41) is 3.03. The average molecular weight is 269 g/mol. The first kappa shape index (κ1) is 16.0. The van der Waals surface area contributed by atoms with Crippen LogP contribution in [0.1, 0.15) is 65.2 Å². The maximum Gasteiger partial charge on any atom is 0.306 e. The highest BCUT2D eigenvalue weighted by Gasteiger charge is 2.20. The van der Waals surface area contributed by atoms with E-state index in [1.807, 2.05) is 0 Å². The van der Waals surface area contributed by atoms with Crippen molar-refractivity contribution in [3.05, 3.63) is 0 Å². The summed E-state index contributed by atoms with van der Waals surface area (Å²) in [6.07, 6.45) is 8.01. The Balaban J connectivity index is 2.24. The summed E-state index contributed by atoms with van der Waals surface area (Å²) >= 11 is 0. The maximum absolute atomic E-state index is 11.8. The SMILES string of the molecule is CCOC(=O)CCC(=O)N[C@@H](C)C1CCCCCC1. The maximum atomic E-state index is 11.8. The Bertz CT molecular complexity index is 283. The van der Waals surface area contributed by atoms with Crippen LogP contribution in [0.5, 0.6) is 0 Å². The monoisotopic (exact) mass is 269 g/mol. The Morgan fingerprint density at radius 1 is 1.16 bits per heavy atom. The van der Waals surface area contributed by atoms with E-state index in [-0.39, 0.29) is 30.8 Å². The zero-order valence-electron chi connectivity index (χ0n) is 12.2. The molecule has 1 aliphatic rings. The lowest BCUT2D eigenvalue weighted by molar-refractivity contribution is -0.144. The molecule has 19 heavy (non-hydrogen) atoms. The largest absolute Gasteiger partial charge is 0.466 e. The molecular formula is C15H27NO3. The second kappa shape index (κ2) is 8.94. The van der Waals surface area contributed by atoms with Crippen LogP contribution in [0.15, 0.2) is 0 Å². The molecule has 1 fully saturated rings. The van der Waals surface area contributed by atoms with Crippen LogP contribution in [-0.2, 0) is 14.3 Å². The zero-order chi connectivity index (χ0) is 14.1. The minimum absolute atomic E-state index is 0.0372. The van der Waals surface area contributed by atoms with Gasteiger partial charge in [-0.1, -0.05) is 25.7 Å². The van der Waals surface area contributed by atoms with Crippen LogP contribution >= 0.6 is 0 Å². The van der Waals surface area contributed by atoms with Crippen molar-refractivity contribution >= 4 is 11.9 Å². The van der Waals surface area contributed by atoms with Gasteiger partial charge in [0.2, 0.25) is 5.91 Å². The fourth-order valence-corrected chi connectivity index (χ4v) is 2.70. The topological polar surface area (TPSA) is 55.4 Å². The Labute approximate surface area is 116 Å². The van der Waals surface area contributed by atoms with E-state index >= 15 is 0 Å². The Hall–Kier alpha value is -1.06. The van der Waals surface area contributed by atoms with Crippen LogP contribution in [0.2, 0.25) is 0 Å². The molecule has 1 rings (SSSR count). The molecule has 1 saturated carbocycles. The molecule has 0 unspecified atom stereocenters. The fraction of sp³-hybridized carbons (Fsp3) is 0.867. The van der Waals surface area contributed by atoms with E-state index in [2.05, 4.69) is 12.2 Å². The molecule has 0 aromatic rings. The lowest BCUT2D eigenvalue weighted by Gasteiger charge is -2.23. The van der Waals surface area contributed by atoms with Gasteiger partial charge in [-0.2, -0.15) is 0 Å². The Morgan fingerprint density at radius 3 is 2.37 bits per heavy atom. The molecule has 1 aliphatic carbocycles. The third-order valence-electron chi connectivity index (χ3n) is 3.86. The molecule has 1 amide bonds. The third kappa shape index (κ3) is 6.60. The molecule has 0 spiro atoms. The standard InChI is InChI=1S/C15H27NO3/c1-3-19-15(18)11-10-14(17)16-12(2)13-8-6-4-5-7-9-13/h12-13H,3-11H2,1-2H3,(H,16,17)/t12-/m0/s1. The number of hydrogen-bond acceptors (Lipinski definition) is 3. The molecular weight excluding hydrogens is 242 g/mol. The minimum atomic E-state index is -0.292. The van der Waals surface area contributed by atoms with E-state index in [1.165, 1.54) is 38.5 Å². The molecule has 0 radical (unpaired) electrons. The number of ether oxygens (including phenoxy) is 1. The molecule has 0 heterocycles. The lowest BCUT2D eigenvalue weighted by Crippen LogP contribution is -2.38. The van der Waals surface area contributed by atoms with Crippen molar-refractivity contribution in [2.45, 2.75) is 71.3 Å². The van der Waals surface area contributed by atoms with Gasteiger partial charge in [-0.05, 0) is 32.6 Å². The highest BCUT2D eigenvalue weighted by Crippen LogP contribution is 2.25. The number of hydrogen-bond donors (Lipinski definition) is 1. The van der Waals surface area contributed by atoms with Gasteiger partial charge in [0, 0.05) is 12.5 Å². The van der Waals surface area contributed by atoms with Gasteiger partial charge in [0.05, 0.1) is 13.0 Å². The Morgan fingerprint density at radius 2 is 1.79 bits per heavy atom. The molecule has 0 aliphatic heterocycles. The second-order valence-corrected chi connectivity index (χ2v) is 5.41. The number of esters is 1. The molecule has 0 aromatic carbocycles. The highest BCUT2D eigenvalue weighted by atomic mass is 16.5. The predicted molar refractivity (Wildman–Crippen MR) is 74.7 cm³/mol. The summed E-state index contributed by atoms with van der Waals surface area (Å²) in [5.74, 6) is 0.263. The van der Waals surface area contributed by atoms with Gasteiger partial charge < -0.3 is 10.1 Å². The van der Waals surface area contributed by atoms with Crippen LogP contribution in [0.25, 0.3) is 0 Å². The number of carbonyl (C=O) groups excluding carboxylic acids is 2. The van der Waals surface area contributed by atoms with Gasteiger partial charge in [0.25, 0.3) is 0 Å². The molecule has 110 valence electrons. The van der Waals surface area contributed by atoms with Gasteiger partial charge in [0.1, 0.15) is 0 Å². The van der Waals surface area contributed by atoms with Crippen LogP contribution in [0, 0.1) is 5.92 Å². The Kier molecular flexibility index (Phi) is 7.53. The van der Waals surface area contributed by atoms with Crippen molar-refractivity contribution in [3.8, 4) is 0 Å². The van der Waals surface area contributed by atoms with Crippen molar-refractivity contribution in [2.24, 2.45) is 5.92 Å². The number of amides is 1. The quantitative estimate of drug-likeness (QED) is 0.596. The predicted octanol–water partition coefficient (Wildman–Crippen LogP) is 2.80. The summed E-state index contributed by atoms with van der Waals surface area (Å²) in [6.45, 7) is 4.23. The van der Waals surface area contributed by atoms with E-state index < -0.39 is 0 Å². The van der Waals surface area contributed by atoms with Gasteiger partial charge in [-0.15, -0.1) is 0 Å². The van der Waals surface area contributed by atoms with E-state index in [9.17, 15) is 9.59 Å².